The van der Waals surface area contributed by atoms with E-state index < -0.39 is 0 Å². The van der Waals surface area contributed by atoms with Crippen LogP contribution in [-0.2, 0) is 13.1 Å². The standard InChI is InChI=1S/C32H24FN7/c33-26-11-5-4-9-23(26)24-10-6-12-27-30(24)38-32(37-27)31-25-14-28(36-19-29(25)39-40-31)22-13-21(17-35-18-22)16-34-15-20-7-2-1-3-8-20/h1-14,17-19,34H,15-16H2,(H,37,38)(H,39,40). The first-order valence-corrected chi connectivity index (χ1v) is 13.0. The van der Waals surface area contributed by atoms with Crippen molar-refractivity contribution in [2.45, 2.75) is 13.1 Å². The summed E-state index contributed by atoms with van der Waals surface area (Å²) in [5.41, 5.74) is 8.20. The summed E-state index contributed by atoms with van der Waals surface area (Å²) in [5.74, 6) is 0.311. The van der Waals surface area contributed by atoms with Crippen molar-refractivity contribution in [3.05, 3.63) is 120 Å². The third-order valence-electron chi connectivity index (χ3n) is 6.94. The van der Waals surface area contributed by atoms with Crippen molar-refractivity contribution in [1.82, 2.24) is 35.5 Å². The highest BCUT2D eigenvalue weighted by Crippen LogP contribution is 2.33. The smallest absolute Gasteiger partial charge is 0.159 e. The van der Waals surface area contributed by atoms with Crippen molar-refractivity contribution in [3.8, 4) is 33.9 Å². The Hall–Kier alpha value is -5.21. The minimum Gasteiger partial charge on any atom is -0.337 e. The van der Waals surface area contributed by atoms with Gasteiger partial charge in [0.05, 0.1) is 28.4 Å². The highest BCUT2D eigenvalue weighted by atomic mass is 19.1. The number of imidazole rings is 1. The molecule has 0 amide bonds. The monoisotopic (exact) mass is 525 g/mol. The lowest BCUT2D eigenvalue weighted by molar-refractivity contribution is 0.631. The molecular weight excluding hydrogens is 501 g/mol. The van der Waals surface area contributed by atoms with Crippen LogP contribution in [0.3, 0.4) is 0 Å². The number of halogens is 1. The number of hydrogen-bond acceptors (Lipinski definition) is 5. The second kappa shape index (κ2) is 10.2. The molecule has 0 saturated carbocycles. The lowest BCUT2D eigenvalue weighted by atomic mass is 10.0. The topological polar surface area (TPSA) is 95.2 Å². The quantitative estimate of drug-likeness (QED) is 0.216. The predicted octanol–water partition coefficient (Wildman–Crippen LogP) is 6.66. The maximum Gasteiger partial charge on any atom is 0.159 e. The number of rotatable bonds is 7. The van der Waals surface area contributed by atoms with Gasteiger partial charge in [-0.1, -0.05) is 60.7 Å². The van der Waals surface area contributed by atoms with Crippen LogP contribution in [0.4, 0.5) is 4.39 Å². The van der Waals surface area contributed by atoms with Crippen LogP contribution in [0.1, 0.15) is 11.1 Å². The van der Waals surface area contributed by atoms with Gasteiger partial charge in [-0.15, -0.1) is 0 Å². The summed E-state index contributed by atoms with van der Waals surface area (Å²) in [6.07, 6.45) is 5.45. The van der Waals surface area contributed by atoms with E-state index in [1.54, 1.807) is 18.3 Å². The number of benzene rings is 3. The van der Waals surface area contributed by atoms with E-state index in [4.69, 9.17) is 4.98 Å². The molecule has 0 bridgehead atoms. The number of pyridine rings is 2. The van der Waals surface area contributed by atoms with Crippen LogP contribution in [0.15, 0.2) is 104 Å². The molecule has 0 fully saturated rings. The zero-order chi connectivity index (χ0) is 26.9. The summed E-state index contributed by atoms with van der Waals surface area (Å²) in [6, 6.07) is 26.8. The van der Waals surface area contributed by atoms with Crippen LogP contribution >= 0.6 is 0 Å². The molecule has 3 N–H and O–H groups in total. The Morgan fingerprint density at radius 3 is 2.48 bits per heavy atom. The van der Waals surface area contributed by atoms with Gasteiger partial charge in [-0.05, 0) is 35.4 Å². The number of aromatic nitrogens is 6. The molecule has 7 rings (SSSR count). The van der Waals surface area contributed by atoms with Crippen molar-refractivity contribution in [2.24, 2.45) is 0 Å². The Bertz CT molecular complexity index is 1960. The molecule has 0 aliphatic rings. The highest BCUT2D eigenvalue weighted by Gasteiger charge is 2.17. The molecule has 4 aromatic heterocycles. The van der Waals surface area contributed by atoms with E-state index in [1.807, 2.05) is 60.9 Å². The summed E-state index contributed by atoms with van der Waals surface area (Å²) in [6.45, 7) is 1.47. The minimum atomic E-state index is -0.286. The number of nitrogens with zero attached hydrogens (tertiary/aromatic N) is 4. The molecule has 40 heavy (non-hydrogen) atoms. The third-order valence-corrected chi connectivity index (χ3v) is 6.94. The summed E-state index contributed by atoms with van der Waals surface area (Å²) in [5, 5.41) is 12.0. The first-order chi connectivity index (χ1) is 19.7. The maximum absolute atomic E-state index is 14.6. The van der Waals surface area contributed by atoms with Gasteiger partial charge in [-0.25, -0.2) is 9.37 Å². The maximum atomic E-state index is 14.6. The molecule has 0 saturated heterocycles. The largest absolute Gasteiger partial charge is 0.337 e. The highest BCUT2D eigenvalue weighted by molar-refractivity contribution is 5.97. The second-order valence-electron chi connectivity index (χ2n) is 9.63. The minimum absolute atomic E-state index is 0.286. The zero-order valence-corrected chi connectivity index (χ0v) is 21.4. The fraction of sp³-hybridized carbons (Fsp3) is 0.0625. The fourth-order valence-corrected chi connectivity index (χ4v) is 4.97. The van der Waals surface area contributed by atoms with Crippen molar-refractivity contribution >= 4 is 21.9 Å². The van der Waals surface area contributed by atoms with Crippen LogP contribution in [0.2, 0.25) is 0 Å². The lowest BCUT2D eigenvalue weighted by Crippen LogP contribution is -2.12. The predicted molar refractivity (Wildman–Crippen MR) is 155 cm³/mol. The molecule has 0 aliphatic carbocycles. The van der Waals surface area contributed by atoms with E-state index in [9.17, 15) is 4.39 Å². The van der Waals surface area contributed by atoms with E-state index in [0.717, 1.165) is 45.3 Å². The molecule has 0 atom stereocenters. The average Bonchev–Trinajstić information content (AvgIpc) is 3.62. The summed E-state index contributed by atoms with van der Waals surface area (Å²) < 4.78 is 14.6. The van der Waals surface area contributed by atoms with Crippen LogP contribution in [0.5, 0.6) is 0 Å². The molecule has 3 aromatic carbocycles. The first-order valence-electron chi connectivity index (χ1n) is 13.0. The first kappa shape index (κ1) is 23.9. The molecule has 0 unspecified atom stereocenters. The second-order valence-corrected chi connectivity index (χ2v) is 9.63. The van der Waals surface area contributed by atoms with Crippen molar-refractivity contribution < 1.29 is 4.39 Å². The molecule has 8 heteroatoms. The molecule has 0 spiro atoms. The van der Waals surface area contributed by atoms with Gasteiger partial charge in [-0.3, -0.25) is 15.1 Å². The lowest BCUT2D eigenvalue weighted by Gasteiger charge is -2.07. The van der Waals surface area contributed by atoms with Crippen molar-refractivity contribution in [2.75, 3.05) is 0 Å². The molecule has 194 valence electrons. The Labute approximate surface area is 229 Å². The van der Waals surface area contributed by atoms with Crippen LogP contribution in [0, 0.1) is 5.82 Å². The van der Waals surface area contributed by atoms with Gasteiger partial charge in [0, 0.05) is 47.6 Å². The van der Waals surface area contributed by atoms with Gasteiger partial charge in [0.2, 0.25) is 0 Å². The van der Waals surface area contributed by atoms with E-state index >= 15 is 0 Å². The van der Waals surface area contributed by atoms with Gasteiger partial charge >= 0.3 is 0 Å². The molecule has 0 radical (unpaired) electrons. The Morgan fingerprint density at radius 2 is 1.57 bits per heavy atom. The normalized spacial score (nSPS) is 11.4. The number of H-pyrrole nitrogens is 2. The number of hydrogen-bond donors (Lipinski definition) is 3. The molecular formula is C32H24FN7. The number of para-hydroxylation sites is 1. The Morgan fingerprint density at radius 1 is 0.750 bits per heavy atom. The summed E-state index contributed by atoms with van der Waals surface area (Å²) in [4.78, 5) is 17.3. The Balaban J connectivity index is 1.21. The van der Waals surface area contributed by atoms with Gasteiger partial charge in [0.15, 0.2) is 5.82 Å². The van der Waals surface area contributed by atoms with Gasteiger partial charge in [-0.2, -0.15) is 5.10 Å². The molecule has 7 aromatic rings. The number of fused-ring (bicyclic) bond motifs is 2. The van der Waals surface area contributed by atoms with Crippen molar-refractivity contribution in [1.29, 1.82) is 0 Å². The SMILES string of the molecule is Fc1ccccc1-c1cccc2[nH]c(-c3n[nH]c4cnc(-c5cncc(CNCc6ccccc6)c5)cc34)nc12. The number of nitrogens with one attached hydrogen (secondary N) is 3. The zero-order valence-electron chi connectivity index (χ0n) is 21.4. The Kier molecular flexibility index (Phi) is 6.07. The molecule has 7 nitrogen and oxygen atoms in total. The number of aromatic amines is 2. The van der Waals surface area contributed by atoms with Crippen LogP contribution in [-0.4, -0.2) is 30.1 Å². The third kappa shape index (κ3) is 4.50. The van der Waals surface area contributed by atoms with Gasteiger partial charge < -0.3 is 10.3 Å². The van der Waals surface area contributed by atoms with Crippen LogP contribution in [0.25, 0.3) is 55.8 Å². The van der Waals surface area contributed by atoms with E-state index in [1.165, 1.54) is 11.6 Å². The summed E-state index contributed by atoms with van der Waals surface area (Å²) in [7, 11) is 0. The van der Waals surface area contributed by atoms with Gasteiger partial charge in [0.25, 0.3) is 0 Å². The van der Waals surface area contributed by atoms with Gasteiger partial charge in [0.1, 0.15) is 11.5 Å². The van der Waals surface area contributed by atoms with Crippen molar-refractivity contribution in [3.63, 3.8) is 0 Å². The van der Waals surface area contributed by atoms with E-state index in [-0.39, 0.29) is 5.82 Å². The molecule has 0 aliphatic heterocycles. The average molecular weight is 526 g/mol. The fourth-order valence-electron chi connectivity index (χ4n) is 4.97. The molecule has 4 heterocycles. The van der Waals surface area contributed by atoms with E-state index in [2.05, 4.69) is 48.7 Å². The van der Waals surface area contributed by atoms with E-state index in [0.29, 0.717) is 29.1 Å². The van der Waals surface area contributed by atoms with Crippen LogP contribution < -0.4 is 5.32 Å². The summed E-state index contributed by atoms with van der Waals surface area (Å²) >= 11 is 0.